The number of para-hydroxylation sites is 1. The number of hydrogen-bond acceptors (Lipinski definition) is 4. The van der Waals surface area contributed by atoms with Crippen molar-refractivity contribution < 1.29 is 23.0 Å². The molecule has 0 aliphatic carbocycles. The second kappa shape index (κ2) is 11.0. The van der Waals surface area contributed by atoms with E-state index < -0.39 is 5.85 Å². The van der Waals surface area contributed by atoms with Gasteiger partial charge in [-0.3, -0.25) is 0 Å². The molecule has 0 aliphatic heterocycles. The van der Waals surface area contributed by atoms with Gasteiger partial charge in [0.15, 0.2) is 13.2 Å². The summed E-state index contributed by atoms with van der Waals surface area (Å²) in [5.74, 6) is -2.04. The third-order valence-electron chi connectivity index (χ3n) is 6.36. The lowest BCUT2D eigenvalue weighted by Crippen LogP contribution is -2.14. The van der Waals surface area contributed by atoms with Gasteiger partial charge in [-0.15, -0.1) is 0 Å². The summed E-state index contributed by atoms with van der Waals surface area (Å²) in [6.45, 7) is 6.00. The molecule has 9 heteroatoms. The van der Waals surface area contributed by atoms with Crippen LogP contribution in [0.2, 0.25) is 6.82 Å². The molecular weight excluding hydrogens is 516 g/mol. The van der Waals surface area contributed by atoms with Gasteiger partial charge in [0.25, 0.3) is 0 Å². The molecule has 5 rings (SSSR count). The molecule has 0 bridgehead atoms. The highest BCUT2D eigenvalue weighted by Gasteiger charge is 2.23. The predicted molar refractivity (Wildman–Crippen MR) is 157 cm³/mol. The van der Waals surface area contributed by atoms with Gasteiger partial charge in [0.1, 0.15) is 11.5 Å². The first kappa shape index (κ1) is 26.6. The van der Waals surface area contributed by atoms with Crippen LogP contribution in [0.25, 0.3) is 27.4 Å². The fourth-order valence-electron chi connectivity index (χ4n) is 4.65. The number of methoxy groups -OCH3 is 1. The van der Waals surface area contributed by atoms with Crippen LogP contribution in [0.5, 0.6) is 11.5 Å². The molecule has 0 amide bonds. The highest BCUT2D eigenvalue weighted by atomic mass is 31.0. The largest absolute Gasteiger partial charge is 0.496 e. The number of nitrogens with one attached hydrogen (secondary N) is 1. The normalized spacial score (nSPS) is 12.2. The van der Waals surface area contributed by atoms with Crippen LogP contribution in [0.1, 0.15) is 11.6 Å². The van der Waals surface area contributed by atoms with Crippen molar-refractivity contribution in [2.75, 3.05) is 12.4 Å². The SMILES string of the molecule is C=C(Nc1ccc2c(ccc3c2ccn3-c2ccc(OC(F)(F)P)cc2)c1)OC([B]C)c1ccccc1OC. The molecule has 39 heavy (non-hydrogen) atoms. The Morgan fingerprint density at radius 2 is 1.77 bits per heavy atom. The molecule has 1 heterocycles. The average Bonchev–Trinajstić information content (AvgIpc) is 3.36. The van der Waals surface area contributed by atoms with E-state index in [9.17, 15) is 8.78 Å². The van der Waals surface area contributed by atoms with Gasteiger partial charge in [0.2, 0.25) is 0 Å². The zero-order valence-corrected chi connectivity index (χ0v) is 22.7. The maximum atomic E-state index is 13.1. The van der Waals surface area contributed by atoms with Crippen LogP contribution in [0.15, 0.2) is 104 Å². The molecule has 1 radical (unpaired) electrons. The minimum absolute atomic E-state index is 0.0947. The first-order chi connectivity index (χ1) is 18.8. The van der Waals surface area contributed by atoms with Crippen LogP contribution in [0.3, 0.4) is 0 Å². The van der Waals surface area contributed by atoms with E-state index in [0.29, 0.717) is 5.88 Å². The quantitative estimate of drug-likeness (QED) is 0.110. The molecule has 2 atom stereocenters. The highest BCUT2D eigenvalue weighted by molar-refractivity contribution is 7.17. The highest BCUT2D eigenvalue weighted by Crippen LogP contribution is 2.33. The lowest BCUT2D eigenvalue weighted by Gasteiger charge is -2.22. The number of nitrogens with zero attached hydrogens (tertiary/aromatic N) is 1. The van der Waals surface area contributed by atoms with Crippen molar-refractivity contribution in [1.82, 2.24) is 4.57 Å². The topological polar surface area (TPSA) is 44.7 Å². The van der Waals surface area contributed by atoms with E-state index in [1.165, 1.54) is 21.4 Å². The molecule has 2 unspecified atom stereocenters. The van der Waals surface area contributed by atoms with Crippen molar-refractivity contribution in [3.8, 4) is 17.2 Å². The van der Waals surface area contributed by atoms with Crippen molar-refractivity contribution in [3.63, 3.8) is 0 Å². The number of hydrogen-bond donors (Lipinski definition) is 1. The molecule has 1 N–H and O–H groups in total. The van der Waals surface area contributed by atoms with E-state index in [1.54, 1.807) is 19.2 Å². The summed E-state index contributed by atoms with van der Waals surface area (Å²) in [6.07, 6.45) is 1.96. The van der Waals surface area contributed by atoms with Gasteiger partial charge in [-0.1, -0.05) is 37.2 Å². The lowest BCUT2D eigenvalue weighted by atomic mass is 9.71. The number of halogens is 2. The van der Waals surface area contributed by atoms with Gasteiger partial charge in [-0.25, -0.2) is 0 Å². The Morgan fingerprint density at radius 1 is 1.00 bits per heavy atom. The van der Waals surface area contributed by atoms with Gasteiger partial charge in [-0.2, -0.15) is 8.78 Å². The standard InChI is InChI=1S/C30H27BF2N2O3P/c1-19(37-29(31-2)26-6-4-5-7-28(26)36-3)34-21-9-14-24-20(18-21)8-15-27-25(24)16-17-35(27)22-10-12-23(13-11-22)38-30(32,33)39/h4-18,29,34H,1,39H2,2-3H3. The molecule has 0 spiro atoms. The third-order valence-corrected chi connectivity index (χ3v) is 6.48. The smallest absolute Gasteiger partial charge is 0.408 e. The number of rotatable bonds is 10. The molecule has 5 nitrogen and oxygen atoms in total. The number of benzene rings is 4. The molecule has 0 aliphatic rings. The summed E-state index contributed by atoms with van der Waals surface area (Å²) < 4.78 is 44.4. The number of ether oxygens (including phenoxy) is 3. The Bertz CT molecular complexity index is 1630. The van der Waals surface area contributed by atoms with E-state index in [2.05, 4.69) is 22.7 Å². The maximum absolute atomic E-state index is 13.1. The van der Waals surface area contributed by atoms with Gasteiger partial charge in [0, 0.05) is 28.5 Å². The van der Waals surface area contributed by atoms with E-state index in [-0.39, 0.29) is 11.8 Å². The Morgan fingerprint density at radius 3 is 2.49 bits per heavy atom. The minimum atomic E-state index is -3.31. The van der Waals surface area contributed by atoms with Crippen molar-refractivity contribution in [1.29, 1.82) is 0 Å². The first-order valence-corrected chi connectivity index (χ1v) is 12.9. The molecule has 0 fully saturated rings. The minimum Gasteiger partial charge on any atom is -0.496 e. The zero-order chi connectivity index (χ0) is 27.6. The Labute approximate surface area is 228 Å². The number of alkyl halides is 2. The molecular formula is C30H27BF2N2O3P. The van der Waals surface area contributed by atoms with E-state index >= 15 is 0 Å². The molecule has 5 aromatic rings. The zero-order valence-electron chi connectivity index (χ0n) is 21.5. The predicted octanol–water partition coefficient (Wildman–Crippen LogP) is 7.95. The van der Waals surface area contributed by atoms with Crippen molar-refractivity contribution in [2.24, 2.45) is 0 Å². The third kappa shape index (κ3) is 5.86. The number of anilines is 1. The number of aromatic nitrogens is 1. The van der Waals surface area contributed by atoms with Crippen LogP contribution in [0, 0.1) is 0 Å². The Kier molecular flexibility index (Phi) is 7.49. The monoisotopic (exact) mass is 543 g/mol. The molecule has 1 aromatic heterocycles. The Balaban J connectivity index is 1.35. The fraction of sp³-hybridized carbons (Fsp3) is 0.133. The van der Waals surface area contributed by atoms with Crippen LogP contribution < -0.4 is 14.8 Å². The van der Waals surface area contributed by atoms with Gasteiger partial charge in [-0.05, 0) is 81.2 Å². The van der Waals surface area contributed by atoms with Crippen LogP contribution in [-0.4, -0.2) is 24.8 Å². The van der Waals surface area contributed by atoms with E-state index in [4.69, 9.17) is 9.47 Å². The van der Waals surface area contributed by atoms with Gasteiger partial charge >= 0.3 is 5.85 Å². The number of fused-ring (bicyclic) bond motifs is 3. The molecule has 197 valence electrons. The van der Waals surface area contributed by atoms with Crippen molar-refractivity contribution >= 4 is 43.9 Å². The summed E-state index contributed by atoms with van der Waals surface area (Å²) in [6, 6.07) is 26.2. The lowest BCUT2D eigenvalue weighted by molar-refractivity contribution is -0.0892. The van der Waals surface area contributed by atoms with Crippen LogP contribution in [0.4, 0.5) is 14.5 Å². The van der Waals surface area contributed by atoms with Crippen LogP contribution in [-0.2, 0) is 4.74 Å². The molecule has 4 aromatic carbocycles. The Hall–Kier alpha value is -4.03. The first-order valence-electron chi connectivity index (χ1n) is 12.3. The van der Waals surface area contributed by atoms with E-state index in [1.807, 2.05) is 79.5 Å². The average molecular weight is 543 g/mol. The second-order valence-electron chi connectivity index (χ2n) is 8.94. The summed E-state index contributed by atoms with van der Waals surface area (Å²) in [7, 11) is 4.96. The van der Waals surface area contributed by atoms with E-state index in [0.717, 1.165) is 44.4 Å². The van der Waals surface area contributed by atoms with Crippen molar-refractivity contribution in [3.05, 3.63) is 109 Å². The molecule has 0 saturated heterocycles. The van der Waals surface area contributed by atoms with Crippen LogP contribution >= 0.6 is 9.24 Å². The summed E-state index contributed by atoms with van der Waals surface area (Å²) in [5, 5.41) is 6.46. The summed E-state index contributed by atoms with van der Waals surface area (Å²) >= 11 is 0. The van der Waals surface area contributed by atoms with Gasteiger partial charge in [0.05, 0.1) is 18.6 Å². The maximum Gasteiger partial charge on any atom is 0.408 e. The second-order valence-corrected chi connectivity index (χ2v) is 9.61. The van der Waals surface area contributed by atoms with Gasteiger partial charge < -0.3 is 24.1 Å². The summed E-state index contributed by atoms with van der Waals surface area (Å²) in [4.78, 5) is 0. The van der Waals surface area contributed by atoms with Crippen molar-refractivity contribution in [2.45, 2.75) is 18.7 Å². The molecule has 0 saturated carbocycles. The fourth-order valence-corrected chi connectivity index (χ4v) is 4.78. The summed E-state index contributed by atoms with van der Waals surface area (Å²) in [5.41, 5.74) is 3.61.